The van der Waals surface area contributed by atoms with Crippen molar-refractivity contribution in [1.29, 1.82) is 0 Å². The van der Waals surface area contributed by atoms with Crippen LogP contribution in [0.1, 0.15) is 39.0 Å². The van der Waals surface area contributed by atoms with Crippen molar-refractivity contribution in [3.05, 3.63) is 0 Å². The van der Waals surface area contributed by atoms with Crippen LogP contribution in [0.2, 0.25) is 0 Å². The van der Waals surface area contributed by atoms with Gasteiger partial charge in [0.25, 0.3) is 0 Å². The summed E-state index contributed by atoms with van der Waals surface area (Å²) in [5, 5.41) is 3.07. The second kappa shape index (κ2) is 8.82. The fourth-order valence-corrected chi connectivity index (χ4v) is 2.17. The maximum absolute atomic E-state index is 12.0. The molecule has 1 rings (SSSR count). The van der Waals surface area contributed by atoms with Gasteiger partial charge in [-0.3, -0.25) is 4.79 Å². The zero-order valence-corrected chi connectivity index (χ0v) is 11.3. The van der Waals surface area contributed by atoms with E-state index in [1.807, 2.05) is 14.0 Å². The molecule has 0 aromatic carbocycles. The minimum Gasteiger partial charge on any atom is -0.342 e. The first-order valence-electron chi connectivity index (χ1n) is 6.19. The molecule has 1 aliphatic heterocycles. The summed E-state index contributed by atoms with van der Waals surface area (Å²) in [6, 6.07) is 0. The Morgan fingerprint density at radius 1 is 1.19 bits per heavy atom. The van der Waals surface area contributed by atoms with Gasteiger partial charge in [0.1, 0.15) is 0 Å². The number of likely N-dealkylation sites (tertiary alicyclic amines) is 1. The lowest BCUT2D eigenvalue weighted by atomic mass is 10.1. The fraction of sp³-hybridized carbons (Fsp3) is 0.917. The van der Waals surface area contributed by atoms with Gasteiger partial charge in [0.05, 0.1) is 0 Å². The standard InChI is InChI=1S/C12H24N2O.ClH/c1-11(10-13-2)12(15)14-8-6-4-3-5-7-9-14;/h11,13H,3-10H2,1-2H3;1H. The van der Waals surface area contributed by atoms with E-state index in [1.54, 1.807) is 0 Å². The van der Waals surface area contributed by atoms with Crippen molar-refractivity contribution in [2.24, 2.45) is 5.92 Å². The summed E-state index contributed by atoms with van der Waals surface area (Å²) in [4.78, 5) is 14.1. The van der Waals surface area contributed by atoms with Crippen LogP contribution in [-0.2, 0) is 4.79 Å². The molecule has 1 saturated heterocycles. The molecule has 16 heavy (non-hydrogen) atoms. The molecule has 0 aromatic heterocycles. The van der Waals surface area contributed by atoms with E-state index in [1.165, 1.54) is 32.1 Å². The molecule has 96 valence electrons. The first kappa shape index (κ1) is 15.7. The Hall–Kier alpha value is -0.280. The molecule has 0 bridgehead atoms. The average molecular weight is 249 g/mol. The summed E-state index contributed by atoms with van der Waals surface area (Å²) >= 11 is 0. The molecule has 0 aromatic rings. The number of carbonyl (C=O) groups excluding carboxylic acids is 1. The van der Waals surface area contributed by atoms with Crippen molar-refractivity contribution in [3.63, 3.8) is 0 Å². The zero-order valence-electron chi connectivity index (χ0n) is 10.5. The third-order valence-corrected chi connectivity index (χ3v) is 3.10. The summed E-state index contributed by atoms with van der Waals surface area (Å²) < 4.78 is 0. The van der Waals surface area contributed by atoms with Crippen LogP contribution in [0.3, 0.4) is 0 Å². The van der Waals surface area contributed by atoms with Gasteiger partial charge in [0.15, 0.2) is 0 Å². The highest BCUT2D eigenvalue weighted by Crippen LogP contribution is 2.12. The normalized spacial score (nSPS) is 19.2. The molecular weight excluding hydrogens is 224 g/mol. The smallest absolute Gasteiger partial charge is 0.226 e. The fourth-order valence-electron chi connectivity index (χ4n) is 2.17. The summed E-state index contributed by atoms with van der Waals surface area (Å²) in [5.74, 6) is 0.445. The van der Waals surface area contributed by atoms with Crippen LogP contribution in [-0.4, -0.2) is 37.5 Å². The Morgan fingerprint density at radius 3 is 2.19 bits per heavy atom. The lowest BCUT2D eigenvalue weighted by Crippen LogP contribution is -2.40. The Kier molecular flexibility index (Phi) is 8.67. The van der Waals surface area contributed by atoms with Gasteiger partial charge in [-0.15, -0.1) is 12.4 Å². The molecule has 1 heterocycles. The molecule has 1 N–H and O–H groups in total. The van der Waals surface area contributed by atoms with Gasteiger partial charge in [-0.1, -0.05) is 26.2 Å². The minimum absolute atomic E-state index is 0. The van der Waals surface area contributed by atoms with Crippen LogP contribution in [0.4, 0.5) is 0 Å². The number of nitrogens with zero attached hydrogens (tertiary/aromatic N) is 1. The highest BCUT2D eigenvalue weighted by Gasteiger charge is 2.19. The van der Waals surface area contributed by atoms with Crippen molar-refractivity contribution in [2.75, 3.05) is 26.7 Å². The Morgan fingerprint density at radius 2 is 1.69 bits per heavy atom. The van der Waals surface area contributed by atoms with Crippen LogP contribution in [0.25, 0.3) is 0 Å². The summed E-state index contributed by atoms with van der Waals surface area (Å²) in [6.45, 7) is 4.73. The van der Waals surface area contributed by atoms with Crippen molar-refractivity contribution in [3.8, 4) is 0 Å². The molecule has 1 unspecified atom stereocenters. The van der Waals surface area contributed by atoms with E-state index in [0.717, 1.165) is 19.6 Å². The summed E-state index contributed by atoms with van der Waals surface area (Å²) in [7, 11) is 1.90. The van der Waals surface area contributed by atoms with Crippen molar-refractivity contribution < 1.29 is 4.79 Å². The monoisotopic (exact) mass is 248 g/mol. The summed E-state index contributed by atoms with van der Waals surface area (Å²) in [6.07, 6.45) is 6.26. The van der Waals surface area contributed by atoms with E-state index < -0.39 is 0 Å². The van der Waals surface area contributed by atoms with E-state index >= 15 is 0 Å². The molecule has 0 saturated carbocycles. The van der Waals surface area contributed by atoms with Gasteiger partial charge in [0, 0.05) is 25.6 Å². The predicted octanol–water partition coefficient (Wildman–Crippen LogP) is 2.06. The Bertz CT molecular complexity index is 191. The van der Waals surface area contributed by atoms with Crippen molar-refractivity contribution in [2.45, 2.75) is 39.0 Å². The Balaban J connectivity index is 0.00000225. The summed E-state index contributed by atoms with van der Waals surface area (Å²) in [5.41, 5.74) is 0. The topological polar surface area (TPSA) is 32.3 Å². The lowest BCUT2D eigenvalue weighted by Gasteiger charge is -2.27. The van der Waals surface area contributed by atoms with Crippen LogP contribution < -0.4 is 5.32 Å². The molecule has 1 fully saturated rings. The van der Waals surface area contributed by atoms with Gasteiger partial charge >= 0.3 is 0 Å². The highest BCUT2D eigenvalue weighted by atomic mass is 35.5. The van der Waals surface area contributed by atoms with E-state index in [0.29, 0.717) is 5.91 Å². The molecule has 1 atom stereocenters. The van der Waals surface area contributed by atoms with Gasteiger partial charge in [0.2, 0.25) is 5.91 Å². The first-order valence-corrected chi connectivity index (χ1v) is 6.19. The highest BCUT2D eigenvalue weighted by molar-refractivity contribution is 5.85. The minimum atomic E-state index is 0. The molecule has 0 aliphatic carbocycles. The maximum atomic E-state index is 12.0. The molecule has 3 nitrogen and oxygen atoms in total. The van der Waals surface area contributed by atoms with Crippen LogP contribution in [0.5, 0.6) is 0 Å². The second-order valence-corrected chi connectivity index (χ2v) is 4.55. The van der Waals surface area contributed by atoms with Gasteiger partial charge in [-0.25, -0.2) is 0 Å². The lowest BCUT2D eigenvalue weighted by molar-refractivity contribution is -0.135. The number of nitrogens with one attached hydrogen (secondary N) is 1. The van der Waals surface area contributed by atoms with E-state index in [9.17, 15) is 4.79 Å². The zero-order chi connectivity index (χ0) is 11.1. The van der Waals surface area contributed by atoms with Crippen molar-refractivity contribution >= 4 is 18.3 Å². The van der Waals surface area contributed by atoms with E-state index in [-0.39, 0.29) is 18.3 Å². The van der Waals surface area contributed by atoms with Crippen LogP contribution in [0, 0.1) is 5.92 Å². The number of amides is 1. The SMILES string of the molecule is CNCC(C)C(=O)N1CCCCCCC1.Cl. The average Bonchev–Trinajstić information content (AvgIpc) is 2.16. The van der Waals surface area contributed by atoms with Gasteiger partial charge in [-0.05, 0) is 19.9 Å². The van der Waals surface area contributed by atoms with Gasteiger partial charge < -0.3 is 10.2 Å². The number of rotatable bonds is 3. The van der Waals surface area contributed by atoms with Crippen molar-refractivity contribution in [1.82, 2.24) is 10.2 Å². The molecule has 0 radical (unpaired) electrons. The molecule has 4 heteroatoms. The first-order chi connectivity index (χ1) is 7.25. The van der Waals surface area contributed by atoms with E-state index in [2.05, 4.69) is 10.2 Å². The quantitative estimate of drug-likeness (QED) is 0.829. The second-order valence-electron chi connectivity index (χ2n) is 4.55. The molecule has 1 aliphatic rings. The van der Waals surface area contributed by atoms with Crippen LogP contribution in [0.15, 0.2) is 0 Å². The third-order valence-electron chi connectivity index (χ3n) is 3.10. The van der Waals surface area contributed by atoms with E-state index in [4.69, 9.17) is 0 Å². The number of hydrogen-bond donors (Lipinski definition) is 1. The number of carbonyl (C=O) groups is 1. The Labute approximate surface area is 105 Å². The maximum Gasteiger partial charge on any atom is 0.226 e. The van der Waals surface area contributed by atoms with Gasteiger partial charge in [-0.2, -0.15) is 0 Å². The predicted molar refractivity (Wildman–Crippen MR) is 70.0 cm³/mol. The molecular formula is C12H25ClN2O. The number of hydrogen-bond acceptors (Lipinski definition) is 2. The third kappa shape index (κ3) is 5.17. The molecule has 0 spiro atoms. The molecule has 1 amide bonds. The number of halogens is 1. The largest absolute Gasteiger partial charge is 0.342 e. The van der Waals surface area contributed by atoms with Crippen LogP contribution >= 0.6 is 12.4 Å².